The molecule has 1 amide bonds. The fourth-order valence-corrected chi connectivity index (χ4v) is 3.70. The first kappa shape index (κ1) is 22.8. The summed E-state index contributed by atoms with van der Waals surface area (Å²) in [5.74, 6) is 2.53. The number of hydrogen-bond acceptors (Lipinski definition) is 5. The van der Waals surface area contributed by atoms with Crippen molar-refractivity contribution in [1.29, 1.82) is 0 Å². The van der Waals surface area contributed by atoms with E-state index in [1.165, 1.54) is 18.9 Å². The van der Waals surface area contributed by atoms with Gasteiger partial charge in [-0.3, -0.25) is 15.6 Å². The van der Waals surface area contributed by atoms with Crippen LogP contribution in [0.15, 0.2) is 18.2 Å². The summed E-state index contributed by atoms with van der Waals surface area (Å²) < 4.78 is 15.9. The topological polar surface area (TPSA) is 80.9 Å². The van der Waals surface area contributed by atoms with Crippen molar-refractivity contribution in [3.05, 3.63) is 23.8 Å². The molecule has 0 spiro atoms. The fraction of sp³-hybridized carbons (Fsp3) is 0.524. The Labute approximate surface area is 178 Å². The van der Waals surface area contributed by atoms with Crippen LogP contribution in [0.3, 0.4) is 0 Å². The predicted octanol–water partition coefficient (Wildman–Crippen LogP) is 3.05. The summed E-state index contributed by atoms with van der Waals surface area (Å²) in [7, 11) is 4.66. The second kappa shape index (κ2) is 10.9. The molecule has 0 aromatic heterocycles. The monoisotopic (exact) mass is 421 g/mol. The van der Waals surface area contributed by atoms with E-state index in [0.717, 1.165) is 6.42 Å². The number of hydrogen-bond donors (Lipinski definition) is 3. The van der Waals surface area contributed by atoms with Crippen LogP contribution in [0.2, 0.25) is 0 Å². The molecule has 0 radical (unpaired) electrons. The summed E-state index contributed by atoms with van der Waals surface area (Å²) in [5.41, 5.74) is 6.03. The van der Waals surface area contributed by atoms with Crippen LogP contribution in [0.1, 0.15) is 38.7 Å². The molecule has 2 rings (SSSR count). The maximum Gasteiger partial charge on any atom is 0.262 e. The Bertz CT molecular complexity index is 754. The van der Waals surface area contributed by atoms with Gasteiger partial charge < -0.3 is 19.5 Å². The predicted molar refractivity (Wildman–Crippen MR) is 118 cm³/mol. The highest BCUT2D eigenvalue weighted by molar-refractivity contribution is 7.80. The third-order valence-corrected chi connectivity index (χ3v) is 5.69. The van der Waals surface area contributed by atoms with E-state index < -0.39 is 0 Å². The number of nitrogens with one attached hydrogen (secondary N) is 3. The van der Waals surface area contributed by atoms with E-state index in [-0.39, 0.29) is 5.91 Å². The molecule has 7 nitrogen and oxygen atoms in total. The van der Waals surface area contributed by atoms with E-state index in [1.807, 2.05) is 0 Å². The lowest BCUT2D eigenvalue weighted by Gasteiger charge is -2.35. The number of amides is 1. The van der Waals surface area contributed by atoms with Crippen molar-refractivity contribution >= 4 is 29.3 Å². The van der Waals surface area contributed by atoms with Crippen molar-refractivity contribution in [3.8, 4) is 17.2 Å². The first-order chi connectivity index (χ1) is 13.9. The van der Waals surface area contributed by atoms with Gasteiger partial charge in [0, 0.05) is 23.7 Å². The van der Waals surface area contributed by atoms with Gasteiger partial charge in [0.25, 0.3) is 5.91 Å². The Balaban J connectivity index is 1.92. The van der Waals surface area contributed by atoms with E-state index in [1.54, 1.807) is 39.5 Å². The molecule has 1 fully saturated rings. The lowest BCUT2D eigenvalue weighted by Crippen LogP contribution is -2.52. The van der Waals surface area contributed by atoms with Gasteiger partial charge in [-0.15, -0.1) is 0 Å². The third kappa shape index (κ3) is 6.25. The summed E-state index contributed by atoms with van der Waals surface area (Å²) >= 11 is 5.31. The molecule has 3 atom stereocenters. The van der Waals surface area contributed by atoms with Crippen LogP contribution in [0.25, 0.3) is 6.08 Å². The van der Waals surface area contributed by atoms with Crippen LogP contribution in [0.4, 0.5) is 0 Å². The second-order valence-corrected chi connectivity index (χ2v) is 7.65. The number of carbonyl (C=O) groups is 1. The van der Waals surface area contributed by atoms with Crippen LogP contribution >= 0.6 is 12.2 Å². The Kier molecular flexibility index (Phi) is 8.57. The average Bonchev–Trinajstić information content (AvgIpc) is 2.73. The minimum absolute atomic E-state index is 0.321. The van der Waals surface area contributed by atoms with Crippen molar-refractivity contribution in [2.24, 2.45) is 11.8 Å². The summed E-state index contributed by atoms with van der Waals surface area (Å²) in [6, 6.07) is 3.77. The molecule has 1 saturated carbocycles. The van der Waals surface area contributed by atoms with Crippen LogP contribution in [-0.2, 0) is 4.79 Å². The molecule has 8 heteroatoms. The Morgan fingerprint density at radius 3 is 2.34 bits per heavy atom. The van der Waals surface area contributed by atoms with Gasteiger partial charge >= 0.3 is 0 Å². The zero-order chi connectivity index (χ0) is 21.4. The highest BCUT2D eigenvalue weighted by Gasteiger charge is 2.27. The summed E-state index contributed by atoms with van der Waals surface area (Å²) in [6.07, 6.45) is 6.55. The van der Waals surface area contributed by atoms with Crippen molar-refractivity contribution in [2.45, 2.75) is 39.2 Å². The van der Waals surface area contributed by atoms with Gasteiger partial charge in [-0.05, 0) is 42.6 Å². The highest BCUT2D eigenvalue weighted by Crippen LogP contribution is 2.35. The quantitative estimate of drug-likeness (QED) is 0.370. The maximum atomic E-state index is 12.2. The number of rotatable bonds is 6. The lowest BCUT2D eigenvalue weighted by atomic mass is 9.78. The Hall–Kier alpha value is -2.48. The van der Waals surface area contributed by atoms with Crippen LogP contribution in [0, 0.1) is 11.8 Å². The number of thiocarbonyl (C=S) groups is 1. The van der Waals surface area contributed by atoms with E-state index in [2.05, 4.69) is 30.0 Å². The molecule has 29 heavy (non-hydrogen) atoms. The van der Waals surface area contributed by atoms with Crippen molar-refractivity contribution in [3.63, 3.8) is 0 Å². The van der Waals surface area contributed by atoms with Crippen molar-refractivity contribution in [2.75, 3.05) is 21.3 Å². The number of benzene rings is 1. The average molecular weight is 422 g/mol. The first-order valence-corrected chi connectivity index (χ1v) is 10.1. The van der Waals surface area contributed by atoms with Crippen LogP contribution in [0.5, 0.6) is 17.2 Å². The van der Waals surface area contributed by atoms with E-state index in [4.69, 9.17) is 26.4 Å². The molecular weight excluding hydrogens is 390 g/mol. The lowest BCUT2D eigenvalue weighted by molar-refractivity contribution is -0.116. The Morgan fingerprint density at radius 1 is 1.03 bits per heavy atom. The molecule has 1 aliphatic carbocycles. The molecule has 0 bridgehead atoms. The largest absolute Gasteiger partial charge is 0.496 e. The summed E-state index contributed by atoms with van der Waals surface area (Å²) in [6.45, 7) is 4.51. The summed E-state index contributed by atoms with van der Waals surface area (Å²) in [4.78, 5) is 12.2. The van der Waals surface area contributed by atoms with Crippen molar-refractivity contribution in [1.82, 2.24) is 16.2 Å². The van der Waals surface area contributed by atoms with E-state index in [0.29, 0.717) is 45.8 Å². The van der Waals surface area contributed by atoms with Crippen molar-refractivity contribution < 1.29 is 19.0 Å². The fourth-order valence-electron chi connectivity index (χ4n) is 3.50. The molecule has 1 aliphatic rings. The number of carbonyl (C=O) groups excluding carboxylic acids is 1. The number of ether oxygens (including phenoxy) is 3. The third-order valence-electron chi connectivity index (χ3n) is 5.47. The first-order valence-electron chi connectivity index (χ1n) is 9.74. The molecule has 1 aromatic rings. The summed E-state index contributed by atoms with van der Waals surface area (Å²) in [5, 5.41) is 3.72. The van der Waals surface area contributed by atoms with Gasteiger partial charge in [0.05, 0.1) is 21.3 Å². The highest BCUT2D eigenvalue weighted by atomic mass is 32.1. The normalized spacial score (nSPS) is 21.3. The molecule has 0 saturated heterocycles. The molecule has 0 aliphatic heterocycles. The maximum absolute atomic E-state index is 12.2. The van der Waals surface area contributed by atoms with Gasteiger partial charge in [-0.2, -0.15) is 0 Å². The van der Waals surface area contributed by atoms with E-state index >= 15 is 0 Å². The Morgan fingerprint density at radius 2 is 1.69 bits per heavy atom. The zero-order valence-corrected chi connectivity index (χ0v) is 18.5. The molecule has 1 aromatic carbocycles. The SMILES string of the molecule is COc1cc(OC)c(OC)cc1/C=C/C(=O)NNC(=S)N[C@H]1CCC[C@H](C)[C@H]1C. The van der Waals surface area contributed by atoms with Gasteiger partial charge in [0.15, 0.2) is 16.6 Å². The van der Waals surface area contributed by atoms with Crippen LogP contribution < -0.4 is 30.4 Å². The molecule has 0 unspecified atom stereocenters. The minimum Gasteiger partial charge on any atom is -0.496 e. The second-order valence-electron chi connectivity index (χ2n) is 7.24. The molecule has 0 heterocycles. The van der Waals surface area contributed by atoms with Gasteiger partial charge in [0.2, 0.25) is 0 Å². The molecule has 3 N–H and O–H groups in total. The molecular formula is C21H31N3O4S. The van der Waals surface area contributed by atoms with Gasteiger partial charge in [-0.25, -0.2) is 0 Å². The molecule has 160 valence electrons. The zero-order valence-electron chi connectivity index (χ0n) is 17.7. The minimum atomic E-state index is -0.337. The van der Waals surface area contributed by atoms with Crippen LogP contribution in [-0.4, -0.2) is 38.4 Å². The van der Waals surface area contributed by atoms with Gasteiger partial charge in [-0.1, -0.05) is 26.7 Å². The standard InChI is InChI=1S/C21H31N3O4S/c1-13-7-6-8-16(14(13)2)22-21(29)24-23-20(25)10-9-15-11-18(27-4)19(28-5)12-17(15)26-3/h9-14,16H,6-8H2,1-5H3,(H,23,25)(H2,22,24,29)/b10-9+/t13-,14+,16-/m0/s1. The van der Waals surface area contributed by atoms with E-state index in [9.17, 15) is 4.79 Å². The number of hydrazine groups is 1. The smallest absolute Gasteiger partial charge is 0.262 e. The van der Waals surface area contributed by atoms with Gasteiger partial charge in [0.1, 0.15) is 5.75 Å². The number of methoxy groups -OCH3 is 3.